The predicted molar refractivity (Wildman–Crippen MR) is 67.9 cm³/mol. The van der Waals surface area contributed by atoms with Gasteiger partial charge in [-0.05, 0) is 32.4 Å². The van der Waals surface area contributed by atoms with E-state index in [0.717, 1.165) is 25.3 Å². The van der Waals surface area contributed by atoms with Crippen molar-refractivity contribution in [3.63, 3.8) is 0 Å². The fraction of sp³-hybridized carbons (Fsp3) is 0.538. The Kier molecular flexibility index (Phi) is 3.52. The second-order valence-corrected chi connectivity index (χ2v) is 4.84. The highest BCUT2D eigenvalue weighted by molar-refractivity contribution is 5.89. The molecule has 1 aliphatic heterocycles. The number of pyridine rings is 1. The van der Waals surface area contributed by atoms with E-state index in [9.17, 15) is 9.90 Å². The third-order valence-electron chi connectivity index (χ3n) is 3.53. The highest BCUT2D eigenvalue weighted by Gasteiger charge is 2.27. The Balaban J connectivity index is 2.16. The lowest BCUT2D eigenvalue weighted by molar-refractivity contribution is 0.0695. The Hall–Kier alpha value is -1.62. The molecular formula is C13H18N2O3. The van der Waals surface area contributed by atoms with E-state index in [1.165, 1.54) is 0 Å². The normalized spacial score (nSPS) is 21.1. The minimum Gasteiger partial charge on any atom is -0.478 e. The molecule has 0 bridgehead atoms. The summed E-state index contributed by atoms with van der Waals surface area (Å²) in [7, 11) is 0. The van der Waals surface area contributed by atoms with Crippen molar-refractivity contribution in [2.75, 3.05) is 18.0 Å². The molecule has 2 atom stereocenters. The van der Waals surface area contributed by atoms with Crippen LogP contribution in [0.5, 0.6) is 0 Å². The Bertz CT molecular complexity index is 460. The Morgan fingerprint density at radius 1 is 1.56 bits per heavy atom. The average molecular weight is 250 g/mol. The molecule has 1 aromatic heterocycles. The van der Waals surface area contributed by atoms with Crippen LogP contribution < -0.4 is 4.90 Å². The monoisotopic (exact) mass is 250 g/mol. The van der Waals surface area contributed by atoms with Crippen LogP contribution in [-0.4, -0.2) is 40.4 Å². The summed E-state index contributed by atoms with van der Waals surface area (Å²) in [6.45, 7) is 5.14. The smallest absolute Gasteiger partial charge is 0.337 e. The van der Waals surface area contributed by atoms with Crippen LogP contribution in [0, 0.1) is 12.8 Å². The number of anilines is 1. The van der Waals surface area contributed by atoms with Crippen LogP contribution in [0.4, 0.5) is 5.82 Å². The largest absolute Gasteiger partial charge is 0.478 e. The van der Waals surface area contributed by atoms with Gasteiger partial charge < -0.3 is 15.1 Å². The van der Waals surface area contributed by atoms with E-state index in [2.05, 4.69) is 9.88 Å². The number of aromatic carboxylic acids is 1. The summed E-state index contributed by atoms with van der Waals surface area (Å²) >= 11 is 0. The summed E-state index contributed by atoms with van der Waals surface area (Å²) < 4.78 is 0. The van der Waals surface area contributed by atoms with E-state index in [1.54, 1.807) is 26.0 Å². The highest BCUT2D eigenvalue weighted by atomic mass is 16.4. The molecule has 0 saturated carbocycles. The summed E-state index contributed by atoms with van der Waals surface area (Å²) in [6.07, 6.45) is 0.633. The summed E-state index contributed by atoms with van der Waals surface area (Å²) in [6, 6.07) is 3.33. The van der Waals surface area contributed by atoms with Crippen molar-refractivity contribution in [2.24, 2.45) is 5.92 Å². The van der Waals surface area contributed by atoms with Gasteiger partial charge in [-0.2, -0.15) is 0 Å². The molecule has 1 saturated heterocycles. The second kappa shape index (κ2) is 4.94. The fourth-order valence-electron chi connectivity index (χ4n) is 2.34. The van der Waals surface area contributed by atoms with Crippen molar-refractivity contribution in [3.05, 3.63) is 23.4 Å². The number of hydrogen-bond acceptors (Lipinski definition) is 4. The van der Waals surface area contributed by atoms with Gasteiger partial charge in [0.25, 0.3) is 0 Å². The first-order valence-electron chi connectivity index (χ1n) is 6.13. The van der Waals surface area contributed by atoms with Gasteiger partial charge in [0.15, 0.2) is 0 Å². The lowest BCUT2D eigenvalue weighted by Crippen LogP contribution is -2.24. The zero-order valence-corrected chi connectivity index (χ0v) is 10.6. The molecule has 2 unspecified atom stereocenters. The van der Waals surface area contributed by atoms with Gasteiger partial charge in [-0.3, -0.25) is 0 Å². The van der Waals surface area contributed by atoms with Gasteiger partial charge in [0.05, 0.1) is 17.4 Å². The summed E-state index contributed by atoms with van der Waals surface area (Å²) in [5.41, 5.74) is 0.769. The zero-order valence-electron chi connectivity index (χ0n) is 10.6. The standard InChI is InChI=1S/C13H18N2O3/c1-8-11(13(17)18)3-4-12(14-8)15-6-5-10(7-15)9(2)16/h3-4,9-10,16H,5-7H2,1-2H3,(H,17,18). The minimum absolute atomic E-state index is 0.241. The Labute approximate surface area is 106 Å². The van der Waals surface area contributed by atoms with Gasteiger partial charge in [-0.15, -0.1) is 0 Å². The molecule has 1 fully saturated rings. The molecule has 5 heteroatoms. The average Bonchev–Trinajstić information content (AvgIpc) is 2.77. The van der Waals surface area contributed by atoms with Crippen molar-refractivity contribution < 1.29 is 15.0 Å². The number of aryl methyl sites for hydroxylation is 1. The molecule has 5 nitrogen and oxygen atoms in total. The van der Waals surface area contributed by atoms with E-state index in [0.29, 0.717) is 5.69 Å². The van der Waals surface area contributed by atoms with Crippen LogP contribution in [-0.2, 0) is 0 Å². The number of carbonyl (C=O) groups is 1. The Morgan fingerprint density at radius 2 is 2.28 bits per heavy atom. The highest BCUT2D eigenvalue weighted by Crippen LogP contribution is 2.25. The van der Waals surface area contributed by atoms with Crippen LogP contribution in [0.1, 0.15) is 29.4 Å². The number of carboxylic acids is 1. The first-order chi connectivity index (χ1) is 8.49. The SMILES string of the molecule is Cc1nc(N2CCC(C(C)O)C2)ccc1C(=O)O. The molecule has 2 N–H and O–H groups in total. The molecule has 18 heavy (non-hydrogen) atoms. The molecule has 0 radical (unpaired) electrons. The van der Waals surface area contributed by atoms with Crippen molar-refractivity contribution in [1.29, 1.82) is 0 Å². The van der Waals surface area contributed by atoms with E-state index >= 15 is 0 Å². The van der Waals surface area contributed by atoms with E-state index < -0.39 is 5.97 Å². The number of nitrogens with zero attached hydrogens (tertiary/aromatic N) is 2. The molecule has 2 rings (SSSR count). The molecule has 1 aromatic rings. The quantitative estimate of drug-likeness (QED) is 0.845. The van der Waals surface area contributed by atoms with Crippen LogP contribution in [0.25, 0.3) is 0 Å². The number of rotatable bonds is 3. The van der Waals surface area contributed by atoms with Crippen molar-refractivity contribution >= 4 is 11.8 Å². The van der Waals surface area contributed by atoms with E-state index in [1.807, 2.05) is 0 Å². The van der Waals surface area contributed by atoms with Gasteiger partial charge in [0.1, 0.15) is 5.82 Å². The van der Waals surface area contributed by atoms with Gasteiger partial charge >= 0.3 is 5.97 Å². The van der Waals surface area contributed by atoms with Crippen LogP contribution in [0.15, 0.2) is 12.1 Å². The molecule has 0 amide bonds. The van der Waals surface area contributed by atoms with Gasteiger partial charge in [0.2, 0.25) is 0 Å². The molecule has 1 aliphatic rings. The van der Waals surface area contributed by atoms with Gasteiger partial charge in [0, 0.05) is 19.0 Å². The minimum atomic E-state index is -0.949. The maximum absolute atomic E-state index is 10.9. The summed E-state index contributed by atoms with van der Waals surface area (Å²) in [5, 5.41) is 18.5. The number of aromatic nitrogens is 1. The van der Waals surface area contributed by atoms with Crippen molar-refractivity contribution in [1.82, 2.24) is 4.98 Å². The maximum atomic E-state index is 10.9. The second-order valence-electron chi connectivity index (χ2n) is 4.84. The number of aliphatic hydroxyl groups excluding tert-OH is 1. The van der Waals surface area contributed by atoms with Crippen LogP contribution >= 0.6 is 0 Å². The zero-order chi connectivity index (χ0) is 13.3. The molecule has 0 spiro atoms. The van der Waals surface area contributed by atoms with E-state index in [4.69, 9.17) is 5.11 Å². The molecule has 98 valence electrons. The van der Waals surface area contributed by atoms with Crippen molar-refractivity contribution in [2.45, 2.75) is 26.4 Å². The molecule has 2 heterocycles. The topological polar surface area (TPSA) is 73.7 Å². The van der Waals surface area contributed by atoms with E-state index in [-0.39, 0.29) is 17.6 Å². The fourth-order valence-corrected chi connectivity index (χ4v) is 2.34. The molecule has 0 aliphatic carbocycles. The summed E-state index contributed by atoms with van der Waals surface area (Å²) in [4.78, 5) is 17.3. The number of aliphatic hydroxyl groups is 1. The molecular weight excluding hydrogens is 232 g/mol. The summed E-state index contributed by atoms with van der Waals surface area (Å²) in [5.74, 6) is 0.113. The first kappa shape index (κ1) is 12.8. The number of hydrogen-bond donors (Lipinski definition) is 2. The lowest BCUT2D eigenvalue weighted by Gasteiger charge is -2.19. The third kappa shape index (κ3) is 2.46. The predicted octanol–water partition coefficient (Wildman–Crippen LogP) is 1.30. The van der Waals surface area contributed by atoms with Gasteiger partial charge in [-0.1, -0.05) is 0 Å². The lowest BCUT2D eigenvalue weighted by atomic mass is 10.0. The first-order valence-corrected chi connectivity index (χ1v) is 6.13. The van der Waals surface area contributed by atoms with Gasteiger partial charge in [-0.25, -0.2) is 9.78 Å². The van der Waals surface area contributed by atoms with Crippen LogP contribution in [0.3, 0.4) is 0 Å². The third-order valence-corrected chi connectivity index (χ3v) is 3.53. The maximum Gasteiger partial charge on any atom is 0.337 e. The van der Waals surface area contributed by atoms with Crippen molar-refractivity contribution in [3.8, 4) is 0 Å². The molecule has 0 aromatic carbocycles. The number of carboxylic acid groups (broad SMARTS) is 1. The Morgan fingerprint density at radius 3 is 2.78 bits per heavy atom. The van der Waals surface area contributed by atoms with Crippen LogP contribution in [0.2, 0.25) is 0 Å².